The molecule has 1 heterocycles. The Hall–Kier alpha value is -0.780. The normalized spacial score (nSPS) is 18.0. The van der Waals surface area contributed by atoms with Crippen molar-refractivity contribution in [3.05, 3.63) is 33.3 Å². The SMILES string of the molecule is Cl.O=C(O)C1CCN(C(=O)c2ccc(Br)cc2Cl)C1. The van der Waals surface area contributed by atoms with Gasteiger partial charge in [0.05, 0.1) is 16.5 Å². The highest BCUT2D eigenvalue weighted by atomic mass is 79.9. The van der Waals surface area contributed by atoms with Crippen LogP contribution in [0.1, 0.15) is 16.8 Å². The zero-order valence-corrected chi connectivity index (χ0v) is 13.0. The molecule has 0 radical (unpaired) electrons. The zero-order valence-electron chi connectivity index (χ0n) is 9.81. The number of carboxylic acid groups (broad SMARTS) is 1. The molecule has 104 valence electrons. The van der Waals surface area contributed by atoms with Gasteiger partial charge in [-0.15, -0.1) is 12.4 Å². The number of carbonyl (C=O) groups excluding carboxylic acids is 1. The average Bonchev–Trinajstić information content (AvgIpc) is 2.77. The third-order valence-corrected chi connectivity index (χ3v) is 3.79. The minimum absolute atomic E-state index is 0. The van der Waals surface area contributed by atoms with E-state index in [4.69, 9.17) is 16.7 Å². The minimum Gasteiger partial charge on any atom is -0.481 e. The molecular formula is C12H12BrCl2NO3. The second kappa shape index (κ2) is 6.59. The summed E-state index contributed by atoms with van der Waals surface area (Å²) in [5.41, 5.74) is 0.408. The first kappa shape index (κ1) is 16.3. The molecule has 0 aromatic heterocycles. The van der Waals surface area contributed by atoms with Crippen molar-refractivity contribution >= 4 is 51.8 Å². The maximum absolute atomic E-state index is 12.2. The molecule has 2 rings (SSSR count). The second-order valence-corrected chi connectivity index (χ2v) is 5.52. The van der Waals surface area contributed by atoms with Gasteiger partial charge in [-0.3, -0.25) is 9.59 Å². The van der Waals surface area contributed by atoms with E-state index in [1.807, 2.05) is 0 Å². The van der Waals surface area contributed by atoms with Gasteiger partial charge in [0.2, 0.25) is 0 Å². The van der Waals surface area contributed by atoms with E-state index in [9.17, 15) is 9.59 Å². The van der Waals surface area contributed by atoms with E-state index in [2.05, 4.69) is 15.9 Å². The smallest absolute Gasteiger partial charge is 0.308 e. The number of carboxylic acids is 1. The van der Waals surface area contributed by atoms with E-state index < -0.39 is 11.9 Å². The molecule has 0 saturated carbocycles. The van der Waals surface area contributed by atoms with Crippen molar-refractivity contribution in [3.8, 4) is 0 Å². The molecule has 7 heteroatoms. The van der Waals surface area contributed by atoms with Gasteiger partial charge in [-0.2, -0.15) is 0 Å². The van der Waals surface area contributed by atoms with Crippen molar-refractivity contribution in [2.75, 3.05) is 13.1 Å². The summed E-state index contributed by atoms with van der Waals surface area (Å²) in [7, 11) is 0. The highest BCUT2D eigenvalue weighted by Crippen LogP contribution is 2.25. The number of rotatable bonds is 2. The topological polar surface area (TPSA) is 57.6 Å². The monoisotopic (exact) mass is 367 g/mol. The van der Waals surface area contributed by atoms with Gasteiger partial charge in [-0.1, -0.05) is 27.5 Å². The predicted molar refractivity (Wildman–Crippen MR) is 78.0 cm³/mol. The number of carbonyl (C=O) groups is 2. The van der Waals surface area contributed by atoms with Crippen LogP contribution < -0.4 is 0 Å². The first-order valence-electron chi connectivity index (χ1n) is 5.46. The van der Waals surface area contributed by atoms with Crippen LogP contribution in [-0.2, 0) is 4.79 Å². The van der Waals surface area contributed by atoms with E-state index in [0.29, 0.717) is 23.6 Å². The summed E-state index contributed by atoms with van der Waals surface area (Å²) in [6.07, 6.45) is 0.495. The second-order valence-electron chi connectivity index (χ2n) is 4.20. The lowest BCUT2D eigenvalue weighted by Gasteiger charge is -2.16. The Bertz CT molecular complexity index is 510. The maximum Gasteiger partial charge on any atom is 0.308 e. The molecule has 1 aliphatic rings. The zero-order chi connectivity index (χ0) is 13.3. The lowest BCUT2D eigenvalue weighted by atomic mass is 10.1. The Morgan fingerprint density at radius 2 is 2.11 bits per heavy atom. The fraction of sp³-hybridized carbons (Fsp3) is 0.333. The van der Waals surface area contributed by atoms with Crippen LogP contribution in [0.4, 0.5) is 0 Å². The van der Waals surface area contributed by atoms with Crippen LogP contribution in [0.5, 0.6) is 0 Å². The number of benzene rings is 1. The third-order valence-electron chi connectivity index (χ3n) is 2.99. The Balaban J connectivity index is 0.00000180. The molecule has 1 amide bonds. The molecule has 1 unspecified atom stereocenters. The Morgan fingerprint density at radius 3 is 2.63 bits per heavy atom. The van der Waals surface area contributed by atoms with Crippen LogP contribution in [0.3, 0.4) is 0 Å². The van der Waals surface area contributed by atoms with Crippen LogP contribution in [0.2, 0.25) is 5.02 Å². The third kappa shape index (κ3) is 3.61. The molecule has 0 aliphatic carbocycles. The summed E-state index contributed by atoms with van der Waals surface area (Å²) < 4.78 is 0.800. The standard InChI is InChI=1S/C12H11BrClNO3.ClH/c13-8-1-2-9(10(14)5-8)11(16)15-4-3-7(6-15)12(17)18;/h1-2,5,7H,3-4,6H2,(H,17,18);1H. The van der Waals surface area contributed by atoms with E-state index in [1.54, 1.807) is 18.2 Å². The molecule has 1 aliphatic heterocycles. The van der Waals surface area contributed by atoms with E-state index >= 15 is 0 Å². The van der Waals surface area contributed by atoms with Crippen molar-refractivity contribution in [3.63, 3.8) is 0 Å². The van der Waals surface area contributed by atoms with Gasteiger partial charge in [0.25, 0.3) is 5.91 Å². The molecular weight excluding hydrogens is 357 g/mol. The van der Waals surface area contributed by atoms with Gasteiger partial charge >= 0.3 is 5.97 Å². The maximum atomic E-state index is 12.2. The highest BCUT2D eigenvalue weighted by molar-refractivity contribution is 9.10. The lowest BCUT2D eigenvalue weighted by Crippen LogP contribution is -2.30. The lowest BCUT2D eigenvalue weighted by molar-refractivity contribution is -0.141. The Morgan fingerprint density at radius 1 is 1.42 bits per heavy atom. The van der Waals surface area contributed by atoms with Gasteiger partial charge in [-0.05, 0) is 24.6 Å². The van der Waals surface area contributed by atoms with Crippen molar-refractivity contribution < 1.29 is 14.7 Å². The average molecular weight is 369 g/mol. The van der Waals surface area contributed by atoms with Gasteiger partial charge in [0.15, 0.2) is 0 Å². The fourth-order valence-corrected chi connectivity index (χ4v) is 2.73. The van der Waals surface area contributed by atoms with Gasteiger partial charge in [-0.25, -0.2) is 0 Å². The van der Waals surface area contributed by atoms with Crippen LogP contribution in [0.15, 0.2) is 22.7 Å². The number of amides is 1. The number of hydrogen-bond donors (Lipinski definition) is 1. The van der Waals surface area contributed by atoms with Crippen molar-refractivity contribution in [2.45, 2.75) is 6.42 Å². The molecule has 19 heavy (non-hydrogen) atoms. The molecule has 4 nitrogen and oxygen atoms in total. The summed E-state index contributed by atoms with van der Waals surface area (Å²) >= 11 is 9.28. The van der Waals surface area contributed by atoms with E-state index in [0.717, 1.165) is 4.47 Å². The molecule has 1 aromatic carbocycles. The molecule has 1 fully saturated rings. The van der Waals surface area contributed by atoms with E-state index in [1.165, 1.54) is 4.90 Å². The van der Waals surface area contributed by atoms with Crippen LogP contribution in [0.25, 0.3) is 0 Å². The summed E-state index contributed by atoms with van der Waals surface area (Å²) in [6.45, 7) is 0.711. The molecule has 1 aromatic rings. The Labute approximate surface area is 130 Å². The van der Waals surface area contributed by atoms with Gasteiger partial charge in [0.1, 0.15) is 0 Å². The quantitative estimate of drug-likeness (QED) is 0.872. The molecule has 1 saturated heterocycles. The van der Waals surface area contributed by atoms with Crippen LogP contribution in [-0.4, -0.2) is 35.0 Å². The number of halogens is 3. The first-order chi connectivity index (χ1) is 8.49. The Kier molecular flexibility index (Phi) is 5.64. The van der Waals surface area contributed by atoms with E-state index in [-0.39, 0.29) is 24.9 Å². The first-order valence-corrected chi connectivity index (χ1v) is 6.63. The largest absolute Gasteiger partial charge is 0.481 e. The van der Waals surface area contributed by atoms with Gasteiger partial charge < -0.3 is 10.0 Å². The molecule has 0 spiro atoms. The minimum atomic E-state index is -0.854. The van der Waals surface area contributed by atoms with Crippen molar-refractivity contribution in [2.24, 2.45) is 5.92 Å². The summed E-state index contributed by atoms with van der Waals surface area (Å²) in [5.74, 6) is -1.54. The molecule has 0 bridgehead atoms. The van der Waals surface area contributed by atoms with Gasteiger partial charge in [0, 0.05) is 17.6 Å². The predicted octanol–water partition coefficient (Wildman–Crippen LogP) is 3.07. The van der Waals surface area contributed by atoms with Crippen molar-refractivity contribution in [1.29, 1.82) is 0 Å². The number of likely N-dealkylation sites (tertiary alicyclic amines) is 1. The number of nitrogens with zero attached hydrogens (tertiary/aromatic N) is 1. The van der Waals surface area contributed by atoms with Crippen molar-refractivity contribution in [1.82, 2.24) is 4.90 Å². The summed E-state index contributed by atoms with van der Waals surface area (Å²) in [6, 6.07) is 5.03. The summed E-state index contributed by atoms with van der Waals surface area (Å²) in [4.78, 5) is 24.6. The highest BCUT2D eigenvalue weighted by Gasteiger charge is 2.31. The fourth-order valence-electron chi connectivity index (χ4n) is 1.98. The molecule has 1 N–H and O–H groups in total. The van der Waals surface area contributed by atoms with Crippen LogP contribution in [0, 0.1) is 5.92 Å². The number of aliphatic carboxylic acids is 1. The summed E-state index contributed by atoms with van der Waals surface area (Å²) in [5, 5.41) is 9.27. The number of hydrogen-bond acceptors (Lipinski definition) is 2. The van der Waals surface area contributed by atoms with Crippen LogP contribution >= 0.6 is 39.9 Å². The molecule has 1 atom stereocenters.